The molecule has 2 aromatic carbocycles. The Morgan fingerprint density at radius 2 is 1.68 bits per heavy atom. The molecule has 34 heavy (non-hydrogen) atoms. The molecule has 3 aromatic rings. The second-order valence-electron chi connectivity index (χ2n) is 8.77. The molecule has 180 valence electrons. The van der Waals surface area contributed by atoms with Crippen molar-refractivity contribution in [2.45, 2.75) is 45.1 Å². The summed E-state index contributed by atoms with van der Waals surface area (Å²) in [6, 6.07) is 17.5. The number of hydrogen-bond acceptors (Lipinski definition) is 4. The number of ketones is 1. The highest BCUT2D eigenvalue weighted by Gasteiger charge is 2.17. The van der Waals surface area contributed by atoms with E-state index in [1.807, 2.05) is 67.7 Å². The lowest BCUT2D eigenvalue weighted by Gasteiger charge is -2.13. The van der Waals surface area contributed by atoms with E-state index in [-0.39, 0.29) is 36.5 Å². The number of hydrogen-bond donors (Lipinski definition) is 4. The summed E-state index contributed by atoms with van der Waals surface area (Å²) < 4.78 is 0. The van der Waals surface area contributed by atoms with Crippen LogP contribution < -0.4 is 10.6 Å². The zero-order valence-corrected chi connectivity index (χ0v) is 19.5. The number of amides is 2. The normalized spacial score (nSPS) is 12.8. The molecule has 0 bridgehead atoms. The number of aliphatic hydroxyl groups is 1. The maximum Gasteiger partial charge on any atom is 0.224 e. The van der Waals surface area contributed by atoms with Crippen molar-refractivity contribution in [3.63, 3.8) is 0 Å². The highest BCUT2D eigenvalue weighted by Crippen LogP contribution is 2.18. The number of Topliss-reactive ketones (excluding diaryl/α,β-unsaturated/α-hetero) is 1. The van der Waals surface area contributed by atoms with E-state index >= 15 is 0 Å². The molecule has 0 aliphatic rings. The van der Waals surface area contributed by atoms with Crippen LogP contribution in [0.15, 0.2) is 60.8 Å². The van der Waals surface area contributed by atoms with Gasteiger partial charge in [-0.2, -0.15) is 0 Å². The number of aromatic amines is 1. The van der Waals surface area contributed by atoms with Gasteiger partial charge in [-0.3, -0.25) is 14.4 Å². The Kier molecular flexibility index (Phi) is 9.40. The van der Waals surface area contributed by atoms with Crippen LogP contribution >= 0.6 is 0 Å². The number of H-pyrrole nitrogens is 1. The van der Waals surface area contributed by atoms with E-state index in [4.69, 9.17) is 0 Å². The largest absolute Gasteiger partial charge is 0.385 e. The fourth-order valence-electron chi connectivity index (χ4n) is 3.87. The molecule has 0 spiro atoms. The average molecular weight is 464 g/mol. The summed E-state index contributed by atoms with van der Waals surface area (Å²) in [6.45, 7) is 2.23. The van der Waals surface area contributed by atoms with Gasteiger partial charge in [-0.25, -0.2) is 0 Å². The molecule has 0 fully saturated rings. The van der Waals surface area contributed by atoms with Crippen molar-refractivity contribution in [1.29, 1.82) is 0 Å². The second-order valence-corrected chi connectivity index (χ2v) is 8.77. The van der Waals surface area contributed by atoms with Gasteiger partial charge in [-0.05, 0) is 42.4 Å². The molecule has 2 amide bonds. The Bertz CT molecular complexity index is 1090. The Labute approximate surface area is 200 Å². The Morgan fingerprint density at radius 3 is 2.47 bits per heavy atom. The summed E-state index contributed by atoms with van der Waals surface area (Å²) in [7, 11) is 0. The number of aryl methyl sites for hydroxylation is 1. The van der Waals surface area contributed by atoms with Crippen molar-refractivity contribution in [1.82, 2.24) is 15.6 Å². The lowest BCUT2D eigenvalue weighted by atomic mass is 10.0. The number of fused-ring (bicyclic) bond motifs is 1. The molecule has 0 aliphatic carbocycles. The van der Waals surface area contributed by atoms with Crippen molar-refractivity contribution in [2.75, 3.05) is 13.1 Å². The molecule has 0 radical (unpaired) electrons. The third kappa shape index (κ3) is 7.85. The highest BCUT2D eigenvalue weighted by atomic mass is 16.3. The van der Waals surface area contributed by atoms with Crippen molar-refractivity contribution in [2.24, 2.45) is 5.92 Å². The van der Waals surface area contributed by atoms with Gasteiger partial charge in [0.1, 0.15) is 6.10 Å². The van der Waals surface area contributed by atoms with Crippen LogP contribution in [-0.4, -0.2) is 46.9 Å². The van der Waals surface area contributed by atoms with Crippen molar-refractivity contribution in [3.05, 3.63) is 71.9 Å². The predicted molar refractivity (Wildman–Crippen MR) is 132 cm³/mol. The lowest BCUT2D eigenvalue weighted by Crippen LogP contribution is -2.36. The van der Waals surface area contributed by atoms with Crippen LogP contribution in [0.5, 0.6) is 0 Å². The smallest absolute Gasteiger partial charge is 0.224 e. The quantitative estimate of drug-likeness (QED) is 0.312. The number of benzene rings is 2. The topological polar surface area (TPSA) is 111 Å². The van der Waals surface area contributed by atoms with E-state index in [2.05, 4.69) is 15.6 Å². The number of carbonyl (C=O) groups is 3. The summed E-state index contributed by atoms with van der Waals surface area (Å²) in [5.74, 6) is -0.634. The summed E-state index contributed by atoms with van der Waals surface area (Å²) >= 11 is 0. The first-order valence-electron chi connectivity index (χ1n) is 11.8. The summed E-state index contributed by atoms with van der Waals surface area (Å²) in [4.78, 5) is 39.7. The van der Waals surface area contributed by atoms with Crippen molar-refractivity contribution >= 4 is 28.5 Å². The van der Waals surface area contributed by atoms with E-state index in [0.29, 0.717) is 32.2 Å². The first-order valence-corrected chi connectivity index (χ1v) is 11.8. The fraction of sp³-hybridized carbons (Fsp3) is 0.370. The van der Waals surface area contributed by atoms with Gasteiger partial charge in [0.25, 0.3) is 0 Å². The molecular formula is C27H33N3O4. The number of rotatable bonds is 13. The van der Waals surface area contributed by atoms with Crippen molar-refractivity contribution < 1.29 is 19.5 Å². The second kappa shape index (κ2) is 12.7. The third-order valence-electron chi connectivity index (χ3n) is 5.90. The van der Waals surface area contributed by atoms with E-state index in [0.717, 1.165) is 22.0 Å². The molecule has 7 heteroatoms. The summed E-state index contributed by atoms with van der Waals surface area (Å²) in [6.07, 6.45) is 2.90. The molecule has 1 aromatic heterocycles. The minimum Gasteiger partial charge on any atom is -0.385 e. The Balaban J connectivity index is 1.29. The van der Waals surface area contributed by atoms with Crippen LogP contribution in [0.25, 0.3) is 10.9 Å². The molecule has 0 saturated carbocycles. The van der Waals surface area contributed by atoms with E-state index in [1.54, 1.807) is 0 Å². The number of nitrogens with one attached hydrogen (secondary N) is 3. The third-order valence-corrected chi connectivity index (χ3v) is 5.90. The van der Waals surface area contributed by atoms with Gasteiger partial charge < -0.3 is 20.7 Å². The lowest BCUT2D eigenvalue weighted by molar-refractivity contribution is -0.130. The van der Waals surface area contributed by atoms with Crippen LogP contribution in [0, 0.1) is 5.92 Å². The molecule has 2 atom stereocenters. The number of aliphatic hydroxyl groups excluding tert-OH is 1. The van der Waals surface area contributed by atoms with Crippen LogP contribution in [0.3, 0.4) is 0 Å². The SMILES string of the molecule is CC(CCNC(=O)Cc1c[nH]c2ccccc12)CC(=O)NCC(=O)C(O)CCc1ccccc1. The van der Waals surface area contributed by atoms with Gasteiger partial charge in [-0.15, -0.1) is 0 Å². The molecule has 0 saturated heterocycles. The van der Waals surface area contributed by atoms with Gasteiger partial charge in [0.15, 0.2) is 5.78 Å². The molecule has 7 nitrogen and oxygen atoms in total. The van der Waals surface area contributed by atoms with Crippen molar-refractivity contribution in [3.8, 4) is 0 Å². The summed E-state index contributed by atoms with van der Waals surface area (Å²) in [5.41, 5.74) is 3.02. The number of carbonyl (C=O) groups excluding carboxylic acids is 3. The number of para-hydroxylation sites is 1. The highest BCUT2D eigenvalue weighted by molar-refractivity contribution is 5.89. The molecule has 4 N–H and O–H groups in total. The predicted octanol–water partition coefficient (Wildman–Crippen LogP) is 2.92. The van der Waals surface area contributed by atoms with Gasteiger partial charge in [0, 0.05) is 30.1 Å². The maximum atomic E-state index is 12.3. The van der Waals surface area contributed by atoms with Gasteiger partial charge >= 0.3 is 0 Å². The fourth-order valence-corrected chi connectivity index (χ4v) is 3.87. The standard InChI is InChI=1S/C27H33N3O4/c1-19(13-14-28-27(34)16-21-17-29-23-10-6-5-9-22(21)23)15-26(33)30-18-25(32)24(31)12-11-20-7-3-2-4-8-20/h2-10,17,19,24,29,31H,11-16,18H2,1H3,(H,28,34)(H,30,33). The van der Waals surface area contributed by atoms with E-state index in [1.165, 1.54) is 0 Å². The Hall–Kier alpha value is -3.45. The van der Waals surface area contributed by atoms with E-state index in [9.17, 15) is 19.5 Å². The minimum absolute atomic E-state index is 0.0477. The first kappa shape index (κ1) is 25.2. The molecule has 2 unspecified atom stereocenters. The molecule has 1 heterocycles. The summed E-state index contributed by atoms with van der Waals surface area (Å²) in [5, 5.41) is 16.6. The van der Waals surface area contributed by atoms with Gasteiger partial charge in [0.2, 0.25) is 11.8 Å². The number of aromatic nitrogens is 1. The zero-order valence-electron chi connectivity index (χ0n) is 19.5. The van der Waals surface area contributed by atoms with E-state index < -0.39 is 6.10 Å². The average Bonchev–Trinajstić information content (AvgIpc) is 3.24. The van der Waals surface area contributed by atoms with Crippen LogP contribution in [0.1, 0.15) is 37.3 Å². The van der Waals surface area contributed by atoms with Crippen LogP contribution in [0.2, 0.25) is 0 Å². The molecular weight excluding hydrogens is 430 g/mol. The van der Waals surface area contributed by atoms with Gasteiger partial charge in [-0.1, -0.05) is 55.5 Å². The Morgan fingerprint density at radius 1 is 0.941 bits per heavy atom. The maximum absolute atomic E-state index is 12.3. The van der Waals surface area contributed by atoms with Crippen LogP contribution in [-0.2, 0) is 27.2 Å². The molecule has 3 rings (SSSR count). The van der Waals surface area contributed by atoms with Crippen LogP contribution in [0.4, 0.5) is 0 Å². The monoisotopic (exact) mass is 463 g/mol. The van der Waals surface area contributed by atoms with Gasteiger partial charge in [0.05, 0.1) is 13.0 Å². The zero-order chi connectivity index (χ0) is 24.3. The molecule has 0 aliphatic heterocycles. The minimum atomic E-state index is -1.09. The first-order chi connectivity index (χ1) is 16.4.